The summed E-state index contributed by atoms with van der Waals surface area (Å²) in [5.74, 6) is 0.873. The third-order valence-corrected chi connectivity index (χ3v) is 2.73. The molecule has 0 bridgehead atoms. The van der Waals surface area contributed by atoms with Crippen LogP contribution in [0.4, 0.5) is 0 Å². The van der Waals surface area contributed by atoms with Crippen LogP contribution in [0, 0.1) is 11.3 Å². The van der Waals surface area contributed by atoms with Crippen LogP contribution in [0.25, 0.3) is 0 Å². The molecule has 1 N–H and O–H groups in total. The van der Waals surface area contributed by atoms with E-state index in [9.17, 15) is 0 Å². The molecule has 0 amide bonds. The van der Waals surface area contributed by atoms with Gasteiger partial charge in [0.2, 0.25) is 0 Å². The lowest BCUT2D eigenvalue weighted by molar-refractivity contribution is 0.0721. The van der Waals surface area contributed by atoms with Gasteiger partial charge in [0, 0.05) is 12.6 Å². The van der Waals surface area contributed by atoms with Crippen molar-refractivity contribution >= 4 is 0 Å². The van der Waals surface area contributed by atoms with Crippen LogP contribution in [0.3, 0.4) is 0 Å². The van der Waals surface area contributed by atoms with Gasteiger partial charge in [-0.05, 0) is 31.2 Å². The summed E-state index contributed by atoms with van der Waals surface area (Å²) in [5, 5.41) is 3.31. The van der Waals surface area contributed by atoms with E-state index in [1.54, 1.807) is 0 Å². The Bertz CT molecular complexity index is 147. The fourth-order valence-electron chi connectivity index (χ4n) is 1.40. The maximum Gasteiger partial charge on any atom is 0.0624 e. The molecule has 0 aromatic heterocycles. The van der Waals surface area contributed by atoms with Crippen LogP contribution in [0.15, 0.2) is 0 Å². The first-order valence-electron chi connectivity index (χ1n) is 5.29. The monoisotopic (exact) mass is 185 g/mol. The first-order valence-corrected chi connectivity index (χ1v) is 5.29. The molecule has 0 radical (unpaired) electrons. The highest BCUT2D eigenvalue weighted by Crippen LogP contribution is 2.29. The second-order valence-corrected chi connectivity index (χ2v) is 5.19. The van der Waals surface area contributed by atoms with E-state index in [0.717, 1.165) is 19.1 Å². The van der Waals surface area contributed by atoms with E-state index < -0.39 is 0 Å². The molecule has 1 unspecified atom stereocenters. The number of hydrogen-bond acceptors (Lipinski definition) is 2. The average Bonchev–Trinajstić information content (AvgIpc) is 2.78. The average molecular weight is 185 g/mol. The smallest absolute Gasteiger partial charge is 0.0624 e. The molecule has 13 heavy (non-hydrogen) atoms. The van der Waals surface area contributed by atoms with E-state index in [1.165, 1.54) is 12.8 Å². The molecule has 1 fully saturated rings. The number of rotatable bonds is 5. The summed E-state index contributed by atoms with van der Waals surface area (Å²) in [7, 11) is 2.01. The minimum Gasteiger partial charge on any atom is -0.380 e. The second-order valence-electron chi connectivity index (χ2n) is 5.19. The van der Waals surface area contributed by atoms with E-state index in [1.807, 2.05) is 7.05 Å². The zero-order valence-corrected chi connectivity index (χ0v) is 9.39. The minimum absolute atomic E-state index is 0.290. The molecule has 0 aliphatic heterocycles. The molecule has 0 aromatic rings. The van der Waals surface area contributed by atoms with Crippen molar-refractivity contribution in [3.05, 3.63) is 0 Å². The predicted octanol–water partition coefficient (Wildman–Crippen LogP) is 2.05. The van der Waals surface area contributed by atoms with Crippen molar-refractivity contribution in [1.29, 1.82) is 0 Å². The fraction of sp³-hybridized carbons (Fsp3) is 1.00. The van der Waals surface area contributed by atoms with Gasteiger partial charge < -0.3 is 10.1 Å². The van der Waals surface area contributed by atoms with Crippen LogP contribution in [0.1, 0.15) is 33.6 Å². The lowest BCUT2D eigenvalue weighted by Crippen LogP contribution is -2.41. The third kappa shape index (κ3) is 4.10. The summed E-state index contributed by atoms with van der Waals surface area (Å²) in [6, 6.07) is 0.464. The Morgan fingerprint density at radius 3 is 2.38 bits per heavy atom. The van der Waals surface area contributed by atoms with Gasteiger partial charge in [-0.25, -0.2) is 0 Å². The zero-order chi connectivity index (χ0) is 9.90. The van der Waals surface area contributed by atoms with Crippen LogP contribution in [0.5, 0.6) is 0 Å². The molecular weight excluding hydrogens is 162 g/mol. The highest BCUT2D eigenvalue weighted by molar-refractivity contribution is 4.79. The van der Waals surface area contributed by atoms with Crippen LogP contribution >= 0.6 is 0 Å². The van der Waals surface area contributed by atoms with E-state index in [4.69, 9.17) is 4.74 Å². The quantitative estimate of drug-likeness (QED) is 0.708. The largest absolute Gasteiger partial charge is 0.380 e. The Morgan fingerprint density at radius 2 is 2.00 bits per heavy atom. The second kappa shape index (κ2) is 4.43. The van der Waals surface area contributed by atoms with E-state index in [2.05, 4.69) is 26.1 Å². The van der Waals surface area contributed by atoms with Crippen molar-refractivity contribution in [2.75, 3.05) is 20.3 Å². The van der Waals surface area contributed by atoms with Crippen molar-refractivity contribution in [1.82, 2.24) is 5.32 Å². The Morgan fingerprint density at radius 1 is 1.38 bits per heavy atom. The number of nitrogens with one attached hydrogen (secondary N) is 1. The van der Waals surface area contributed by atoms with Gasteiger partial charge in [0.25, 0.3) is 0 Å². The molecule has 1 saturated carbocycles. The first kappa shape index (κ1) is 11.0. The van der Waals surface area contributed by atoms with Gasteiger partial charge >= 0.3 is 0 Å². The lowest BCUT2D eigenvalue weighted by Gasteiger charge is -2.30. The topological polar surface area (TPSA) is 21.3 Å². The SMILES string of the molecule is CNC(COCC1CC1)C(C)(C)C. The lowest BCUT2D eigenvalue weighted by atomic mass is 9.87. The molecule has 78 valence electrons. The maximum atomic E-state index is 5.67. The van der Waals surface area contributed by atoms with Crippen molar-refractivity contribution < 1.29 is 4.74 Å². The molecule has 0 spiro atoms. The Labute approximate surface area is 82.0 Å². The molecule has 0 aromatic carbocycles. The Kier molecular flexibility index (Phi) is 3.74. The van der Waals surface area contributed by atoms with E-state index >= 15 is 0 Å². The van der Waals surface area contributed by atoms with Crippen molar-refractivity contribution in [3.8, 4) is 0 Å². The van der Waals surface area contributed by atoms with Gasteiger partial charge in [-0.3, -0.25) is 0 Å². The normalized spacial score (nSPS) is 20.3. The molecule has 0 heterocycles. The molecule has 1 rings (SSSR count). The van der Waals surface area contributed by atoms with Crippen molar-refractivity contribution in [2.45, 2.75) is 39.7 Å². The molecule has 1 aliphatic carbocycles. The number of ether oxygens (including phenoxy) is 1. The molecule has 1 atom stereocenters. The highest BCUT2D eigenvalue weighted by Gasteiger charge is 2.25. The molecule has 0 saturated heterocycles. The predicted molar refractivity (Wildman–Crippen MR) is 55.8 cm³/mol. The fourth-order valence-corrected chi connectivity index (χ4v) is 1.40. The molecule has 1 aliphatic rings. The standard InChI is InChI=1S/C11H23NO/c1-11(2,3)10(12-4)8-13-7-9-5-6-9/h9-10,12H,5-8H2,1-4H3. The maximum absolute atomic E-state index is 5.67. The molecule has 2 nitrogen and oxygen atoms in total. The Balaban J connectivity index is 2.14. The van der Waals surface area contributed by atoms with Crippen LogP contribution in [0.2, 0.25) is 0 Å². The summed E-state index contributed by atoms with van der Waals surface area (Å²) in [6.45, 7) is 8.54. The highest BCUT2D eigenvalue weighted by atomic mass is 16.5. The summed E-state index contributed by atoms with van der Waals surface area (Å²) in [4.78, 5) is 0. The van der Waals surface area contributed by atoms with Crippen molar-refractivity contribution in [3.63, 3.8) is 0 Å². The van der Waals surface area contributed by atoms with Gasteiger partial charge in [0.15, 0.2) is 0 Å². The Hall–Kier alpha value is -0.0800. The first-order chi connectivity index (χ1) is 6.04. The summed E-state index contributed by atoms with van der Waals surface area (Å²) < 4.78 is 5.67. The van der Waals surface area contributed by atoms with E-state index in [0.29, 0.717) is 6.04 Å². The summed E-state index contributed by atoms with van der Waals surface area (Å²) in [5.41, 5.74) is 0.290. The van der Waals surface area contributed by atoms with Crippen LogP contribution in [-0.2, 0) is 4.74 Å². The third-order valence-electron chi connectivity index (χ3n) is 2.73. The van der Waals surface area contributed by atoms with Gasteiger partial charge in [-0.1, -0.05) is 20.8 Å². The van der Waals surface area contributed by atoms with Gasteiger partial charge in [0.05, 0.1) is 6.61 Å². The van der Waals surface area contributed by atoms with Gasteiger partial charge in [-0.2, -0.15) is 0 Å². The number of likely N-dealkylation sites (N-methyl/N-ethyl adjacent to an activating group) is 1. The van der Waals surface area contributed by atoms with E-state index in [-0.39, 0.29) is 5.41 Å². The van der Waals surface area contributed by atoms with Crippen molar-refractivity contribution in [2.24, 2.45) is 11.3 Å². The molecular formula is C11H23NO. The number of hydrogen-bond donors (Lipinski definition) is 1. The van der Waals surface area contributed by atoms with Gasteiger partial charge in [0.1, 0.15) is 0 Å². The summed E-state index contributed by atoms with van der Waals surface area (Å²) >= 11 is 0. The summed E-state index contributed by atoms with van der Waals surface area (Å²) in [6.07, 6.45) is 2.75. The van der Waals surface area contributed by atoms with Crippen LogP contribution < -0.4 is 5.32 Å². The van der Waals surface area contributed by atoms with Gasteiger partial charge in [-0.15, -0.1) is 0 Å². The van der Waals surface area contributed by atoms with Crippen LogP contribution in [-0.4, -0.2) is 26.3 Å². The minimum atomic E-state index is 0.290. The molecule has 2 heteroatoms. The zero-order valence-electron chi connectivity index (χ0n) is 9.39.